The Labute approximate surface area is 85.1 Å². The van der Waals surface area contributed by atoms with Gasteiger partial charge < -0.3 is 9.47 Å². The normalized spacial score (nSPS) is 22.5. The molecule has 0 aliphatic carbocycles. The molecule has 0 N–H and O–H groups in total. The second-order valence-corrected chi connectivity index (χ2v) is 3.58. The molecular formula is C11H18O3. The lowest BCUT2D eigenvalue weighted by Gasteiger charge is -2.24. The first-order valence-corrected chi connectivity index (χ1v) is 5.14. The van der Waals surface area contributed by atoms with Crippen molar-refractivity contribution >= 4 is 5.78 Å². The summed E-state index contributed by atoms with van der Waals surface area (Å²) in [6, 6.07) is 0. The molecule has 1 aliphatic rings. The first-order chi connectivity index (χ1) is 6.65. The van der Waals surface area contributed by atoms with Gasteiger partial charge in [0.25, 0.3) is 0 Å². The van der Waals surface area contributed by atoms with Crippen molar-refractivity contribution in [3.63, 3.8) is 0 Å². The number of Topliss-reactive ketones (excluding diaryl/α,β-unsaturated/α-hetero) is 1. The fraction of sp³-hybridized carbons (Fsp3) is 0.727. The summed E-state index contributed by atoms with van der Waals surface area (Å²) in [7, 11) is 0. The predicted octanol–water partition coefficient (Wildman–Crippen LogP) is 2.41. The van der Waals surface area contributed by atoms with Gasteiger partial charge in [-0.3, -0.25) is 4.79 Å². The van der Waals surface area contributed by atoms with Crippen molar-refractivity contribution in [1.82, 2.24) is 0 Å². The van der Waals surface area contributed by atoms with Gasteiger partial charge in [0.15, 0.2) is 5.78 Å². The van der Waals surface area contributed by atoms with Gasteiger partial charge in [-0.1, -0.05) is 13.3 Å². The van der Waals surface area contributed by atoms with E-state index in [4.69, 9.17) is 9.47 Å². The standard InChI is InChI=1S/C11H18O3/c1-4-5-6-13-11-7-10(12)8(2)9(3)14-11/h11H,4-7H2,1-3H3/t11-/m1/s1. The number of hydrogen-bond acceptors (Lipinski definition) is 3. The second kappa shape index (κ2) is 5.15. The number of carbonyl (C=O) groups is 1. The molecule has 1 heterocycles. The molecule has 0 spiro atoms. The smallest absolute Gasteiger partial charge is 0.206 e. The Morgan fingerprint density at radius 2 is 2.21 bits per heavy atom. The Bertz CT molecular complexity index is 243. The molecule has 1 rings (SSSR count). The zero-order valence-corrected chi connectivity index (χ0v) is 9.13. The minimum Gasteiger partial charge on any atom is -0.469 e. The summed E-state index contributed by atoms with van der Waals surface area (Å²) >= 11 is 0. The van der Waals surface area contributed by atoms with E-state index in [0.29, 0.717) is 18.8 Å². The lowest BCUT2D eigenvalue weighted by atomic mass is 10.1. The van der Waals surface area contributed by atoms with Crippen LogP contribution in [0.3, 0.4) is 0 Å². The number of ether oxygens (including phenoxy) is 2. The molecule has 80 valence electrons. The number of unbranched alkanes of at least 4 members (excludes halogenated alkanes) is 1. The highest BCUT2D eigenvalue weighted by atomic mass is 16.7. The summed E-state index contributed by atoms with van der Waals surface area (Å²) in [4.78, 5) is 11.4. The van der Waals surface area contributed by atoms with E-state index in [1.165, 1.54) is 0 Å². The summed E-state index contributed by atoms with van der Waals surface area (Å²) < 4.78 is 10.9. The Morgan fingerprint density at radius 3 is 2.79 bits per heavy atom. The van der Waals surface area contributed by atoms with E-state index >= 15 is 0 Å². The maximum atomic E-state index is 11.4. The lowest BCUT2D eigenvalue weighted by Crippen LogP contribution is -2.27. The molecule has 14 heavy (non-hydrogen) atoms. The number of allylic oxidation sites excluding steroid dienone is 2. The third-order valence-electron chi connectivity index (χ3n) is 2.41. The Morgan fingerprint density at radius 1 is 1.50 bits per heavy atom. The highest BCUT2D eigenvalue weighted by Crippen LogP contribution is 2.20. The maximum absolute atomic E-state index is 11.4. The van der Waals surface area contributed by atoms with E-state index < -0.39 is 0 Å². The number of rotatable bonds is 4. The number of carbonyl (C=O) groups excluding carboxylic acids is 1. The van der Waals surface area contributed by atoms with Crippen LogP contribution in [0.4, 0.5) is 0 Å². The van der Waals surface area contributed by atoms with Gasteiger partial charge in [-0.15, -0.1) is 0 Å². The lowest BCUT2D eigenvalue weighted by molar-refractivity contribution is -0.146. The van der Waals surface area contributed by atoms with Gasteiger partial charge >= 0.3 is 0 Å². The van der Waals surface area contributed by atoms with Crippen LogP contribution in [0.2, 0.25) is 0 Å². The monoisotopic (exact) mass is 198 g/mol. The molecule has 1 aliphatic heterocycles. The number of hydrogen-bond donors (Lipinski definition) is 0. The maximum Gasteiger partial charge on any atom is 0.206 e. The molecule has 1 atom stereocenters. The van der Waals surface area contributed by atoms with Crippen molar-refractivity contribution in [3.05, 3.63) is 11.3 Å². The highest BCUT2D eigenvalue weighted by Gasteiger charge is 2.24. The van der Waals surface area contributed by atoms with Crippen LogP contribution in [0.5, 0.6) is 0 Å². The zero-order valence-electron chi connectivity index (χ0n) is 9.13. The molecule has 0 saturated carbocycles. The van der Waals surface area contributed by atoms with Crippen molar-refractivity contribution in [1.29, 1.82) is 0 Å². The summed E-state index contributed by atoms with van der Waals surface area (Å²) in [5.74, 6) is 0.831. The van der Waals surface area contributed by atoms with Gasteiger partial charge in [0, 0.05) is 5.57 Å². The van der Waals surface area contributed by atoms with Gasteiger partial charge in [0.05, 0.1) is 13.0 Å². The molecular weight excluding hydrogens is 180 g/mol. The average Bonchev–Trinajstić information content (AvgIpc) is 2.14. The SMILES string of the molecule is CCCCO[C@H]1CC(=O)C(C)=C(C)O1. The van der Waals surface area contributed by atoms with Crippen molar-refractivity contribution in [3.8, 4) is 0 Å². The van der Waals surface area contributed by atoms with Crippen LogP contribution in [0, 0.1) is 0 Å². The molecule has 0 bridgehead atoms. The molecule has 3 nitrogen and oxygen atoms in total. The second-order valence-electron chi connectivity index (χ2n) is 3.58. The predicted molar refractivity (Wildman–Crippen MR) is 53.7 cm³/mol. The minimum atomic E-state index is -0.363. The highest BCUT2D eigenvalue weighted by molar-refractivity contribution is 5.95. The van der Waals surface area contributed by atoms with Gasteiger partial charge in [-0.05, 0) is 20.3 Å². The van der Waals surface area contributed by atoms with Crippen LogP contribution >= 0.6 is 0 Å². The third kappa shape index (κ3) is 2.84. The summed E-state index contributed by atoms with van der Waals surface area (Å²) in [6.45, 7) is 6.37. The third-order valence-corrected chi connectivity index (χ3v) is 2.41. The molecule has 0 amide bonds. The van der Waals surface area contributed by atoms with Crippen molar-refractivity contribution < 1.29 is 14.3 Å². The zero-order chi connectivity index (χ0) is 10.6. The summed E-state index contributed by atoms with van der Waals surface area (Å²) in [6.07, 6.45) is 2.09. The van der Waals surface area contributed by atoms with E-state index in [1.807, 2.05) is 6.92 Å². The van der Waals surface area contributed by atoms with E-state index in [-0.39, 0.29) is 12.1 Å². The largest absolute Gasteiger partial charge is 0.469 e. The van der Waals surface area contributed by atoms with Crippen molar-refractivity contribution in [2.75, 3.05) is 6.61 Å². The van der Waals surface area contributed by atoms with Crippen LogP contribution in [0.15, 0.2) is 11.3 Å². The van der Waals surface area contributed by atoms with E-state index in [0.717, 1.165) is 18.4 Å². The molecule has 0 saturated heterocycles. The molecule has 0 aromatic carbocycles. The van der Waals surface area contributed by atoms with Gasteiger partial charge in [-0.2, -0.15) is 0 Å². The van der Waals surface area contributed by atoms with Crippen LogP contribution in [0.1, 0.15) is 40.0 Å². The fourth-order valence-corrected chi connectivity index (χ4v) is 1.28. The quantitative estimate of drug-likeness (QED) is 0.651. The minimum absolute atomic E-state index is 0.134. The number of ketones is 1. The molecule has 3 heteroatoms. The Hall–Kier alpha value is -0.830. The van der Waals surface area contributed by atoms with Crippen LogP contribution < -0.4 is 0 Å². The average molecular weight is 198 g/mol. The van der Waals surface area contributed by atoms with Gasteiger partial charge in [-0.25, -0.2) is 0 Å². The fourth-order valence-electron chi connectivity index (χ4n) is 1.28. The Balaban J connectivity index is 2.41. The van der Waals surface area contributed by atoms with Crippen molar-refractivity contribution in [2.24, 2.45) is 0 Å². The summed E-state index contributed by atoms with van der Waals surface area (Å²) in [5.41, 5.74) is 0.723. The van der Waals surface area contributed by atoms with E-state index in [2.05, 4.69) is 6.92 Å². The molecule has 0 aromatic heterocycles. The topological polar surface area (TPSA) is 35.5 Å². The summed E-state index contributed by atoms with van der Waals surface area (Å²) in [5, 5.41) is 0. The van der Waals surface area contributed by atoms with Gasteiger partial charge in [0.1, 0.15) is 5.76 Å². The van der Waals surface area contributed by atoms with Gasteiger partial charge in [0.2, 0.25) is 6.29 Å². The Kier molecular flexibility index (Phi) is 4.14. The van der Waals surface area contributed by atoms with E-state index in [9.17, 15) is 4.79 Å². The van der Waals surface area contributed by atoms with Crippen LogP contribution in [-0.2, 0) is 14.3 Å². The van der Waals surface area contributed by atoms with E-state index in [1.54, 1.807) is 6.92 Å². The first kappa shape index (κ1) is 11.2. The molecule has 0 unspecified atom stereocenters. The van der Waals surface area contributed by atoms with Crippen LogP contribution in [0.25, 0.3) is 0 Å². The molecule has 0 radical (unpaired) electrons. The van der Waals surface area contributed by atoms with Crippen molar-refractivity contribution in [2.45, 2.75) is 46.3 Å². The first-order valence-electron chi connectivity index (χ1n) is 5.14. The molecule has 0 fully saturated rings. The van der Waals surface area contributed by atoms with Crippen LogP contribution in [-0.4, -0.2) is 18.7 Å². The molecule has 0 aromatic rings.